The lowest BCUT2D eigenvalue weighted by Gasteiger charge is -2.35. The summed E-state index contributed by atoms with van der Waals surface area (Å²) < 4.78 is 0. The highest BCUT2D eigenvalue weighted by molar-refractivity contribution is 4.76. The van der Waals surface area contributed by atoms with Gasteiger partial charge in [0.2, 0.25) is 0 Å². The van der Waals surface area contributed by atoms with E-state index in [1.54, 1.807) is 0 Å². The maximum Gasteiger partial charge on any atom is 0.0215 e. The second kappa shape index (κ2) is 8.89. The molecule has 1 aliphatic rings. The quantitative estimate of drug-likeness (QED) is 0.670. The van der Waals surface area contributed by atoms with Crippen molar-refractivity contribution in [1.82, 2.24) is 15.1 Å². The Kier molecular flexibility index (Phi) is 7.87. The van der Waals surface area contributed by atoms with Crippen LogP contribution in [0, 0.1) is 5.92 Å². The van der Waals surface area contributed by atoms with Gasteiger partial charge in [0.05, 0.1) is 0 Å². The molecule has 0 aliphatic carbocycles. The van der Waals surface area contributed by atoms with Crippen molar-refractivity contribution in [2.75, 3.05) is 46.8 Å². The standard InChI is InChI=1S/C15H33N3/c1-5-9-16-12-15(6-2)18(4)13-14-7-10-17(3)11-8-14/h14-16H,5-13H2,1-4H3. The second-order valence-electron chi connectivity index (χ2n) is 5.95. The van der Waals surface area contributed by atoms with Gasteiger partial charge in [0, 0.05) is 19.1 Å². The van der Waals surface area contributed by atoms with Crippen LogP contribution in [0.2, 0.25) is 0 Å². The predicted octanol–water partition coefficient (Wildman–Crippen LogP) is 2.04. The van der Waals surface area contributed by atoms with Crippen LogP contribution in [0.4, 0.5) is 0 Å². The van der Waals surface area contributed by atoms with Crippen molar-refractivity contribution < 1.29 is 0 Å². The summed E-state index contributed by atoms with van der Waals surface area (Å²) >= 11 is 0. The van der Waals surface area contributed by atoms with Crippen molar-refractivity contribution in [2.24, 2.45) is 5.92 Å². The Morgan fingerprint density at radius 3 is 2.50 bits per heavy atom. The maximum atomic E-state index is 3.56. The normalized spacial score (nSPS) is 20.5. The molecule has 0 spiro atoms. The molecule has 0 aromatic rings. The minimum Gasteiger partial charge on any atom is -0.315 e. The van der Waals surface area contributed by atoms with Gasteiger partial charge in [0.15, 0.2) is 0 Å². The molecule has 0 radical (unpaired) electrons. The Labute approximate surface area is 114 Å². The average Bonchev–Trinajstić information content (AvgIpc) is 2.37. The van der Waals surface area contributed by atoms with Crippen molar-refractivity contribution in [3.63, 3.8) is 0 Å². The topological polar surface area (TPSA) is 18.5 Å². The number of likely N-dealkylation sites (N-methyl/N-ethyl adjacent to an activating group) is 1. The number of hydrogen-bond acceptors (Lipinski definition) is 3. The summed E-state index contributed by atoms with van der Waals surface area (Å²) in [6.07, 6.45) is 5.23. The molecule has 0 saturated carbocycles. The Balaban J connectivity index is 2.25. The number of nitrogens with one attached hydrogen (secondary N) is 1. The largest absolute Gasteiger partial charge is 0.315 e. The van der Waals surface area contributed by atoms with Gasteiger partial charge in [-0.15, -0.1) is 0 Å². The third-order valence-corrected chi connectivity index (χ3v) is 4.29. The summed E-state index contributed by atoms with van der Waals surface area (Å²) in [5.74, 6) is 0.909. The molecule has 108 valence electrons. The number of hydrogen-bond donors (Lipinski definition) is 1. The van der Waals surface area contributed by atoms with E-state index in [2.05, 4.69) is 43.1 Å². The first kappa shape index (κ1) is 15.9. The molecule has 1 atom stereocenters. The zero-order valence-corrected chi connectivity index (χ0v) is 12.9. The van der Waals surface area contributed by atoms with Crippen LogP contribution in [-0.4, -0.2) is 62.7 Å². The van der Waals surface area contributed by atoms with Crippen molar-refractivity contribution >= 4 is 0 Å². The molecule has 1 saturated heterocycles. The molecule has 1 fully saturated rings. The van der Waals surface area contributed by atoms with Gasteiger partial charge in [-0.3, -0.25) is 0 Å². The van der Waals surface area contributed by atoms with E-state index in [-0.39, 0.29) is 0 Å². The van der Waals surface area contributed by atoms with Gasteiger partial charge in [-0.05, 0) is 65.3 Å². The summed E-state index contributed by atoms with van der Waals surface area (Å²) in [5.41, 5.74) is 0. The molecule has 1 unspecified atom stereocenters. The highest BCUT2D eigenvalue weighted by Gasteiger charge is 2.20. The van der Waals surface area contributed by atoms with Crippen molar-refractivity contribution in [1.29, 1.82) is 0 Å². The zero-order chi connectivity index (χ0) is 13.4. The minimum atomic E-state index is 0.705. The Hall–Kier alpha value is -0.120. The van der Waals surface area contributed by atoms with E-state index in [1.807, 2.05) is 0 Å². The van der Waals surface area contributed by atoms with Gasteiger partial charge in [0.25, 0.3) is 0 Å². The van der Waals surface area contributed by atoms with Crippen LogP contribution in [0.25, 0.3) is 0 Å². The van der Waals surface area contributed by atoms with Gasteiger partial charge in [-0.1, -0.05) is 13.8 Å². The van der Waals surface area contributed by atoms with E-state index >= 15 is 0 Å². The number of likely N-dealkylation sites (tertiary alicyclic amines) is 1. The summed E-state index contributed by atoms with van der Waals surface area (Å²) in [6, 6.07) is 0.705. The lowest BCUT2D eigenvalue weighted by molar-refractivity contribution is 0.146. The fourth-order valence-electron chi connectivity index (χ4n) is 2.86. The van der Waals surface area contributed by atoms with Crippen LogP contribution in [0.5, 0.6) is 0 Å². The summed E-state index contributed by atoms with van der Waals surface area (Å²) in [5, 5.41) is 3.56. The van der Waals surface area contributed by atoms with Crippen LogP contribution >= 0.6 is 0 Å². The molecule has 1 heterocycles. The third kappa shape index (κ3) is 5.68. The summed E-state index contributed by atoms with van der Waals surface area (Å²) in [4.78, 5) is 5.04. The Morgan fingerprint density at radius 2 is 1.94 bits per heavy atom. The average molecular weight is 255 g/mol. The van der Waals surface area contributed by atoms with Crippen LogP contribution in [0.1, 0.15) is 39.5 Å². The first-order valence-electron chi connectivity index (χ1n) is 7.76. The van der Waals surface area contributed by atoms with Gasteiger partial charge in [-0.25, -0.2) is 0 Å². The first-order valence-corrected chi connectivity index (χ1v) is 7.76. The highest BCUT2D eigenvalue weighted by Crippen LogP contribution is 2.18. The fourth-order valence-corrected chi connectivity index (χ4v) is 2.86. The third-order valence-electron chi connectivity index (χ3n) is 4.29. The fraction of sp³-hybridized carbons (Fsp3) is 1.00. The lowest BCUT2D eigenvalue weighted by atomic mass is 9.96. The molecule has 0 aromatic carbocycles. The van der Waals surface area contributed by atoms with E-state index in [4.69, 9.17) is 0 Å². The summed E-state index contributed by atoms with van der Waals surface area (Å²) in [7, 11) is 4.55. The Morgan fingerprint density at radius 1 is 1.28 bits per heavy atom. The van der Waals surface area contributed by atoms with Crippen LogP contribution in [-0.2, 0) is 0 Å². The molecule has 0 aromatic heterocycles. The SMILES string of the molecule is CCCNCC(CC)N(C)CC1CCN(C)CC1. The van der Waals surface area contributed by atoms with E-state index in [1.165, 1.54) is 45.3 Å². The number of nitrogens with zero attached hydrogens (tertiary/aromatic N) is 2. The van der Waals surface area contributed by atoms with Crippen LogP contribution in [0.15, 0.2) is 0 Å². The molecular formula is C15H33N3. The van der Waals surface area contributed by atoms with E-state index in [9.17, 15) is 0 Å². The maximum absolute atomic E-state index is 3.56. The van der Waals surface area contributed by atoms with Crippen LogP contribution in [0.3, 0.4) is 0 Å². The van der Waals surface area contributed by atoms with Gasteiger partial charge < -0.3 is 15.1 Å². The second-order valence-corrected chi connectivity index (χ2v) is 5.95. The molecule has 3 heteroatoms. The first-order chi connectivity index (χ1) is 8.67. The summed E-state index contributed by atoms with van der Waals surface area (Å²) in [6.45, 7) is 10.7. The van der Waals surface area contributed by atoms with E-state index in [0.29, 0.717) is 6.04 Å². The van der Waals surface area contributed by atoms with Crippen molar-refractivity contribution in [3.8, 4) is 0 Å². The minimum absolute atomic E-state index is 0.705. The zero-order valence-electron chi connectivity index (χ0n) is 12.9. The number of piperidine rings is 1. The van der Waals surface area contributed by atoms with E-state index in [0.717, 1.165) is 19.0 Å². The van der Waals surface area contributed by atoms with Crippen molar-refractivity contribution in [2.45, 2.75) is 45.6 Å². The monoisotopic (exact) mass is 255 g/mol. The Bertz CT molecular complexity index is 200. The molecule has 3 nitrogen and oxygen atoms in total. The van der Waals surface area contributed by atoms with Gasteiger partial charge in [0.1, 0.15) is 0 Å². The lowest BCUT2D eigenvalue weighted by Crippen LogP contribution is -2.44. The predicted molar refractivity (Wildman–Crippen MR) is 80.1 cm³/mol. The molecular weight excluding hydrogens is 222 g/mol. The molecule has 1 rings (SSSR count). The van der Waals surface area contributed by atoms with Gasteiger partial charge in [-0.2, -0.15) is 0 Å². The van der Waals surface area contributed by atoms with Crippen LogP contribution < -0.4 is 5.32 Å². The van der Waals surface area contributed by atoms with Gasteiger partial charge >= 0.3 is 0 Å². The molecule has 1 N–H and O–H groups in total. The van der Waals surface area contributed by atoms with Crippen molar-refractivity contribution in [3.05, 3.63) is 0 Å². The molecule has 18 heavy (non-hydrogen) atoms. The smallest absolute Gasteiger partial charge is 0.0215 e. The molecule has 0 amide bonds. The van der Waals surface area contributed by atoms with E-state index < -0.39 is 0 Å². The molecule has 1 aliphatic heterocycles. The highest BCUT2D eigenvalue weighted by atomic mass is 15.2. The molecule has 0 bridgehead atoms. The number of rotatable bonds is 8.